The Morgan fingerprint density at radius 1 is 1.02 bits per heavy atom. The van der Waals surface area contributed by atoms with Crippen molar-refractivity contribution in [2.75, 3.05) is 31.2 Å². The predicted octanol–water partition coefficient (Wildman–Crippen LogP) is 2.96. The molecule has 2 N–H and O–H groups in total. The fraction of sp³-hybridized carbons (Fsp3) is 0.367. The number of nitrogens with zero attached hydrogens (tertiary/aromatic N) is 3. The summed E-state index contributed by atoms with van der Waals surface area (Å²) in [7, 11) is 0. The largest absolute Gasteiger partial charge is 0.506 e. The van der Waals surface area contributed by atoms with E-state index in [4.69, 9.17) is 4.74 Å². The Balaban J connectivity index is 1.57. The Bertz CT molecular complexity index is 1450. The molecule has 10 nitrogen and oxygen atoms in total. The van der Waals surface area contributed by atoms with E-state index < -0.39 is 17.2 Å². The number of allylic oxidation sites excluding steroid dienone is 5. The van der Waals surface area contributed by atoms with Crippen LogP contribution < -0.4 is 4.90 Å². The van der Waals surface area contributed by atoms with E-state index in [0.29, 0.717) is 29.8 Å². The Hall–Kier alpha value is -4.31. The first-order valence-electron chi connectivity index (χ1n) is 13.1. The van der Waals surface area contributed by atoms with E-state index in [1.807, 2.05) is 38.7 Å². The molecule has 0 atom stereocenters. The molecule has 4 rings (SSSR count). The molecule has 0 radical (unpaired) electrons. The van der Waals surface area contributed by atoms with Crippen molar-refractivity contribution in [3.8, 4) is 0 Å². The molecule has 1 heterocycles. The van der Waals surface area contributed by atoms with Crippen LogP contribution in [0.4, 0.5) is 5.69 Å². The number of hydrogen-bond acceptors (Lipinski definition) is 9. The number of aryl methyl sites for hydroxylation is 1. The maximum Gasteiger partial charge on any atom is 0.277 e. The van der Waals surface area contributed by atoms with Gasteiger partial charge in [0.25, 0.3) is 5.91 Å². The second kappa shape index (κ2) is 11.1. The second-order valence-electron chi connectivity index (χ2n) is 10.7. The number of carbonyl (C=O) groups is 4. The average Bonchev–Trinajstić information content (AvgIpc) is 3.23. The van der Waals surface area contributed by atoms with Crippen molar-refractivity contribution in [1.82, 2.24) is 5.01 Å². The quantitative estimate of drug-likeness (QED) is 0.356. The van der Waals surface area contributed by atoms with Gasteiger partial charge >= 0.3 is 0 Å². The number of hydrogen-bond donors (Lipinski definition) is 2. The van der Waals surface area contributed by atoms with Crippen LogP contribution in [0.5, 0.6) is 0 Å². The predicted molar refractivity (Wildman–Crippen MR) is 150 cm³/mol. The summed E-state index contributed by atoms with van der Waals surface area (Å²) < 4.78 is 5.51. The smallest absolute Gasteiger partial charge is 0.277 e. The topological polar surface area (TPSA) is 137 Å². The van der Waals surface area contributed by atoms with Gasteiger partial charge in [-0.3, -0.25) is 19.2 Å². The van der Waals surface area contributed by atoms with E-state index >= 15 is 0 Å². The Morgan fingerprint density at radius 3 is 2.35 bits per heavy atom. The maximum absolute atomic E-state index is 13.3. The van der Waals surface area contributed by atoms with E-state index in [9.17, 15) is 29.4 Å². The fourth-order valence-electron chi connectivity index (χ4n) is 4.77. The fourth-order valence-corrected chi connectivity index (χ4v) is 4.77. The van der Waals surface area contributed by atoms with E-state index in [0.717, 1.165) is 17.8 Å². The number of hydrazone groups is 1. The van der Waals surface area contributed by atoms with Crippen LogP contribution in [-0.4, -0.2) is 76.0 Å². The van der Waals surface area contributed by atoms with Crippen molar-refractivity contribution in [2.24, 2.45) is 5.10 Å². The van der Waals surface area contributed by atoms with E-state index in [1.165, 1.54) is 11.1 Å². The maximum atomic E-state index is 13.3. The van der Waals surface area contributed by atoms with Crippen LogP contribution >= 0.6 is 0 Å². The van der Waals surface area contributed by atoms with Gasteiger partial charge in [0.15, 0.2) is 11.5 Å². The molecule has 0 unspecified atom stereocenters. The molecule has 0 bridgehead atoms. The summed E-state index contributed by atoms with van der Waals surface area (Å²) in [6.07, 6.45) is 3.92. The van der Waals surface area contributed by atoms with Gasteiger partial charge in [0.05, 0.1) is 41.1 Å². The Labute approximate surface area is 232 Å². The number of ether oxygens (including phenoxy) is 1. The molecule has 40 heavy (non-hydrogen) atoms. The number of ketones is 3. The van der Waals surface area contributed by atoms with Crippen molar-refractivity contribution in [1.29, 1.82) is 0 Å². The highest BCUT2D eigenvalue weighted by Gasteiger charge is 2.45. The zero-order chi connectivity index (χ0) is 29.4. The lowest BCUT2D eigenvalue weighted by molar-refractivity contribution is -0.130. The third-order valence-corrected chi connectivity index (χ3v) is 6.81. The van der Waals surface area contributed by atoms with Gasteiger partial charge < -0.3 is 19.8 Å². The molecule has 1 aromatic rings. The minimum atomic E-state index is -0.579. The molecule has 1 aliphatic heterocycles. The minimum absolute atomic E-state index is 0.00484. The first-order chi connectivity index (χ1) is 18.9. The highest BCUT2D eigenvalue weighted by atomic mass is 16.5. The minimum Gasteiger partial charge on any atom is -0.506 e. The summed E-state index contributed by atoms with van der Waals surface area (Å²) in [6, 6.07) is 5.29. The number of amides is 1. The Kier molecular flexibility index (Phi) is 7.93. The normalized spacial score (nSPS) is 19.3. The summed E-state index contributed by atoms with van der Waals surface area (Å²) in [6.45, 7) is 9.75. The molecule has 0 aromatic heterocycles. The number of Topliss-reactive ketones (excluding diaryl/α,β-unsaturated/α-hetero) is 1. The standard InChI is InChI=1S/C30H33N3O7/c1-6-21-25(29(39)33(31-21)30(3,4)5)26-27(37)24(28(26)38)20-9-7-18(15-17(20)2)32(11-13-34)12-14-40-23-16-19(35)8-10-22(23)36/h7-10,15-16,34,37H,6,11-14H2,1-5H3/b26-25+. The van der Waals surface area contributed by atoms with Crippen LogP contribution in [0.15, 0.2) is 64.2 Å². The van der Waals surface area contributed by atoms with Gasteiger partial charge in [0.2, 0.25) is 11.6 Å². The molecule has 0 saturated heterocycles. The highest BCUT2D eigenvalue weighted by molar-refractivity contribution is 6.44. The molecular weight excluding hydrogens is 514 g/mol. The van der Waals surface area contributed by atoms with Gasteiger partial charge in [0, 0.05) is 18.3 Å². The first-order valence-corrected chi connectivity index (χ1v) is 13.1. The van der Waals surface area contributed by atoms with Crippen LogP contribution in [0, 0.1) is 6.92 Å². The molecule has 1 aromatic carbocycles. The molecule has 2 aliphatic carbocycles. The molecule has 10 heteroatoms. The number of aliphatic hydroxyl groups excluding tert-OH is 2. The zero-order valence-electron chi connectivity index (χ0n) is 23.3. The summed E-state index contributed by atoms with van der Waals surface area (Å²) in [4.78, 5) is 51.7. The number of anilines is 1. The lowest BCUT2D eigenvalue weighted by Crippen LogP contribution is -2.40. The van der Waals surface area contributed by atoms with Crippen molar-refractivity contribution in [3.05, 3.63) is 70.2 Å². The van der Waals surface area contributed by atoms with Crippen LogP contribution in [-0.2, 0) is 23.9 Å². The van der Waals surface area contributed by atoms with Gasteiger partial charge in [-0.1, -0.05) is 13.0 Å². The van der Waals surface area contributed by atoms with Crippen LogP contribution in [0.1, 0.15) is 45.2 Å². The first kappa shape index (κ1) is 28.7. The number of carbonyl (C=O) groups excluding carboxylic acids is 4. The molecule has 0 fully saturated rings. The van der Waals surface area contributed by atoms with Gasteiger partial charge in [-0.25, -0.2) is 5.01 Å². The third kappa shape index (κ3) is 5.27. The molecule has 3 aliphatic rings. The van der Waals surface area contributed by atoms with Crippen molar-refractivity contribution >= 4 is 40.2 Å². The SMILES string of the molecule is CCC1=NN(C(C)(C)C)C(=O)/C1=C1/C(=O)C(c2ccc(N(CCO)CCOC3=CC(=O)C=CC3=O)cc2C)=C1O. The number of aliphatic hydroxyl groups is 2. The van der Waals surface area contributed by atoms with E-state index in [2.05, 4.69) is 5.10 Å². The highest BCUT2D eigenvalue weighted by Crippen LogP contribution is 2.42. The second-order valence-corrected chi connectivity index (χ2v) is 10.7. The lowest BCUT2D eigenvalue weighted by Gasteiger charge is -2.29. The summed E-state index contributed by atoms with van der Waals surface area (Å²) >= 11 is 0. The van der Waals surface area contributed by atoms with Crippen LogP contribution in [0.25, 0.3) is 5.57 Å². The zero-order valence-corrected chi connectivity index (χ0v) is 23.3. The van der Waals surface area contributed by atoms with Crippen LogP contribution in [0.3, 0.4) is 0 Å². The van der Waals surface area contributed by atoms with Crippen LogP contribution in [0.2, 0.25) is 0 Å². The Morgan fingerprint density at radius 2 is 1.75 bits per heavy atom. The van der Waals surface area contributed by atoms with Crippen molar-refractivity contribution < 1.29 is 34.1 Å². The summed E-state index contributed by atoms with van der Waals surface area (Å²) in [5.74, 6) is -1.78. The molecule has 210 valence electrons. The molecule has 1 amide bonds. The average molecular weight is 548 g/mol. The van der Waals surface area contributed by atoms with Gasteiger partial charge in [0.1, 0.15) is 12.4 Å². The third-order valence-electron chi connectivity index (χ3n) is 6.81. The molecule has 0 saturated carbocycles. The molecular formula is C30H33N3O7. The summed E-state index contributed by atoms with van der Waals surface area (Å²) in [5.41, 5.74) is 2.15. The van der Waals surface area contributed by atoms with Gasteiger partial charge in [-0.2, -0.15) is 5.10 Å². The monoisotopic (exact) mass is 547 g/mol. The molecule has 0 spiro atoms. The summed E-state index contributed by atoms with van der Waals surface area (Å²) in [5, 5.41) is 26.3. The van der Waals surface area contributed by atoms with E-state index in [1.54, 1.807) is 19.1 Å². The van der Waals surface area contributed by atoms with Gasteiger partial charge in [-0.05, 0) is 69.5 Å². The van der Waals surface area contributed by atoms with Crippen molar-refractivity contribution in [3.63, 3.8) is 0 Å². The van der Waals surface area contributed by atoms with Gasteiger partial charge in [-0.15, -0.1) is 0 Å². The number of benzene rings is 1. The number of rotatable bonds is 9. The lowest BCUT2D eigenvalue weighted by atomic mass is 9.78. The van der Waals surface area contributed by atoms with E-state index in [-0.39, 0.29) is 59.6 Å². The van der Waals surface area contributed by atoms with Crippen molar-refractivity contribution in [2.45, 2.75) is 46.6 Å².